The minimum atomic E-state index is -0.563. The molecule has 24 heavy (non-hydrogen) atoms. The van der Waals surface area contributed by atoms with Crippen LogP contribution >= 0.6 is 0 Å². The number of nitrogens with zero attached hydrogens (tertiary/aromatic N) is 3. The average molecular weight is 323 g/mol. The molecule has 0 bridgehead atoms. The molecular weight excluding hydrogens is 309 g/mol. The van der Waals surface area contributed by atoms with Gasteiger partial charge in [-0.05, 0) is 42.8 Å². The highest BCUT2D eigenvalue weighted by molar-refractivity contribution is 6.02. The highest BCUT2D eigenvalue weighted by Crippen LogP contribution is 2.25. The summed E-state index contributed by atoms with van der Waals surface area (Å²) >= 11 is 0. The fraction of sp³-hybridized carbons (Fsp3) is 0.0588. The van der Waals surface area contributed by atoms with Gasteiger partial charge < -0.3 is 5.32 Å². The van der Waals surface area contributed by atoms with Crippen LogP contribution in [0, 0.1) is 12.9 Å². The monoisotopic (exact) mass is 323 g/mol. The first-order valence-corrected chi connectivity index (χ1v) is 7.19. The van der Waals surface area contributed by atoms with Gasteiger partial charge in [-0.25, -0.2) is 4.98 Å². The van der Waals surface area contributed by atoms with Crippen LogP contribution in [0.4, 0.5) is 10.2 Å². The van der Waals surface area contributed by atoms with Gasteiger partial charge in [-0.1, -0.05) is 0 Å². The maximum atomic E-state index is 12.7. The van der Waals surface area contributed by atoms with Crippen molar-refractivity contribution in [2.45, 2.75) is 6.92 Å². The average Bonchev–Trinajstić information content (AvgIpc) is 2.96. The quantitative estimate of drug-likeness (QED) is 0.571. The number of H-pyrrole nitrogens is 1. The summed E-state index contributed by atoms with van der Waals surface area (Å²) in [5.74, 6) is -0.448. The molecule has 0 fully saturated rings. The molecule has 7 heteroatoms. The summed E-state index contributed by atoms with van der Waals surface area (Å²) in [6, 6.07) is 6.48. The van der Waals surface area contributed by atoms with Gasteiger partial charge in [0.2, 0.25) is 11.9 Å². The van der Waals surface area contributed by atoms with Crippen molar-refractivity contribution >= 4 is 17.8 Å². The molecule has 0 radical (unpaired) electrons. The second-order valence-electron chi connectivity index (χ2n) is 5.04. The van der Waals surface area contributed by atoms with E-state index in [4.69, 9.17) is 0 Å². The fourth-order valence-electron chi connectivity index (χ4n) is 2.14. The minimum absolute atomic E-state index is 0.338. The zero-order valence-corrected chi connectivity index (χ0v) is 12.8. The number of aromatic nitrogens is 4. The van der Waals surface area contributed by atoms with Gasteiger partial charge in [0.1, 0.15) is 0 Å². The Bertz CT molecular complexity index is 872. The summed E-state index contributed by atoms with van der Waals surface area (Å²) in [6.45, 7) is 1.86. The Morgan fingerprint density at radius 3 is 2.75 bits per heavy atom. The highest BCUT2D eigenvalue weighted by Gasteiger charge is 2.11. The zero-order chi connectivity index (χ0) is 16.9. The normalized spacial score (nSPS) is 10.9. The van der Waals surface area contributed by atoms with E-state index >= 15 is 0 Å². The van der Waals surface area contributed by atoms with E-state index in [1.165, 1.54) is 24.4 Å². The number of aromatic amines is 1. The lowest BCUT2D eigenvalue weighted by Gasteiger charge is -2.01. The third-order valence-electron chi connectivity index (χ3n) is 3.40. The molecule has 0 aliphatic rings. The predicted octanol–water partition coefficient (Wildman–Crippen LogP) is 2.97. The van der Waals surface area contributed by atoms with E-state index in [-0.39, 0.29) is 5.91 Å². The van der Waals surface area contributed by atoms with Crippen molar-refractivity contribution in [1.29, 1.82) is 0 Å². The molecule has 3 rings (SSSR count). The Labute approximate surface area is 137 Å². The predicted molar refractivity (Wildman–Crippen MR) is 88.4 cm³/mol. The van der Waals surface area contributed by atoms with Crippen LogP contribution in [0.25, 0.3) is 17.3 Å². The third-order valence-corrected chi connectivity index (χ3v) is 3.40. The minimum Gasteiger partial charge on any atom is -0.305 e. The number of pyridine rings is 2. The number of hydrogen-bond donors (Lipinski definition) is 2. The summed E-state index contributed by atoms with van der Waals surface area (Å²) < 4.78 is 12.7. The second kappa shape index (κ2) is 6.82. The molecule has 0 saturated carbocycles. The largest absolute Gasteiger partial charge is 0.305 e. The number of amides is 1. The lowest BCUT2D eigenvalue weighted by molar-refractivity contribution is -0.111. The Hall–Kier alpha value is -3.35. The van der Waals surface area contributed by atoms with Crippen LogP contribution < -0.4 is 5.32 Å². The lowest BCUT2D eigenvalue weighted by atomic mass is 10.1. The van der Waals surface area contributed by atoms with Crippen molar-refractivity contribution in [1.82, 2.24) is 20.2 Å². The van der Waals surface area contributed by atoms with Crippen molar-refractivity contribution < 1.29 is 9.18 Å². The number of carbonyl (C=O) groups is 1. The van der Waals surface area contributed by atoms with Gasteiger partial charge in [0, 0.05) is 35.8 Å². The smallest absolute Gasteiger partial charge is 0.249 e. The Kier molecular flexibility index (Phi) is 4.42. The summed E-state index contributed by atoms with van der Waals surface area (Å²) in [6.07, 6.45) is 7.61. The summed E-state index contributed by atoms with van der Waals surface area (Å²) in [5, 5.41) is 9.74. The van der Waals surface area contributed by atoms with Crippen molar-refractivity contribution in [2.24, 2.45) is 0 Å². The van der Waals surface area contributed by atoms with Gasteiger partial charge in [-0.15, -0.1) is 0 Å². The molecule has 120 valence electrons. The van der Waals surface area contributed by atoms with E-state index in [0.29, 0.717) is 11.4 Å². The first-order chi connectivity index (χ1) is 11.6. The SMILES string of the molecule is Cc1c(NC(=O)C=Cc2ccc(F)nc2)n[nH]c1-c1ccncc1. The first kappa shape index (κ1) is 15.5. The molecule has 0 atom stereocenters. The molecule has 0 aliphatic heterocycles. The molecular formula is C17H14FN5O. The van der Waals surface area contributed by atoms with Crippen LogP contribution in [0.2, 0.25) is 0 Å². The molecule has 6 nitrogen and oxygen atoms in total. The van der Waals surface area contributed by atoms with E-state index in [0.717, 1.165) is 16.8 Å². The first-order valence-electron chi connectivity index (χ1n) is 7.19. The number of anilines is 1. The molecule has 3 aromatic heterocycles. The molecule has 0 unspecified atom stereocenters. The van der Waals surface area contributed by atoms with Gasteiger partial charge in [-0.2, -0.15) is 9.49 Å². The van der Waals surface area contributed by atoms with E-state index in [1.807, 2.05) is 19.1 Å². The highest BCUT2D eigenvalue weighted by atomic mass is 19.1. The molecule has 3 aromatic rings. The van der Waals surface area contributed by atoms with Crippen LogP contribution in [0.15, 0.2) is 48.9 Å². The van der Waals surface area contributed by atoms with Gasteiger partial charge >= 0.3 is 0 Å². The van der Waals surface area contributed by atoms with Crippen LogP contribution in [0.5, 0.6) is 0 Å². The van der Waals surface area contributed by atoms with E-state index in [1.54, 1.807) is 18.5 Å². The molecule has 0 spiro atoms. The van der Waals surface area contributed by atoms with Gasteiger partial charge in [0.05, 0.1) is 5.69 Å². The molecule has 1 amide bonds. The van der Waals surface area contributed by atoms with E-state index in [9.17, 15) is 9.18 Å². The summed E-state index contributed by atoms with van der Waals surface area (Å²) in [7, 11) is 0. The van der Waals surface area contributed by atoms with Crippen LogP contribution in [-0.4, -0.2) is 26.1 Å². The number of halogens is 1. The van der Waals surface area contributed by atoms with Gasteiger partial charge in [0.25, 0.3) is 0 Å². The molecule has 0 saturated heterocycles. The van der Waals surface area contributed by atoms with Crippen LogP contribution in [0.1, 0.15) is 11.1 Å². The van der Waals surface area contributed by atoms with E-state index in [2.05, 4.69) is 25.5 Å². The Morgan fingerprint density at radius 2 is 2.04 bits per heavy atom. The number of rotatable bonds is 4. The topological polar surface area (TPSA) is 83.6 Å². The molecule has 0 aliphatic carbocycles. The van der Waals surface area contributed by atoms with Crippen LogP contribution in [-0.2, 0) is 4.79 Å². The van der Waals surface area contributed by atoms with Crippen molar-refractivity contribution in [3.8, 4) is 11.3 Å². The maximum absolute atomic E-state index is 12.7. The maximum Gasteiger partial charge on any atom is 0.249 e. The Morgan fingerprint density at radius 1 is 1.25 bits per heavy atom. The zero-order valence-electron chi connectivity index (χ0n) is 12.8. The molecule has 2 N–H and O–H groups in total. The summed E-state index contributed by atoms with van der Waals surface area (Å²) in [4.78, 5) is 19.5. The van der Waals surface area contributed by atoms with Crippen molar-refractivity contribution in [3.63, 3.8) is 0 Å². The Balaban J connectivity index is 1.71. The second-order valence-corrected chi connectivity index (χ2v) is 5.04. The lowest BCUT2D eigenvalue weighted by Crippen LogP contribution is -2.09. The van der Waals surface area contributed by atoms with Gasteiger partial charge in [0.15, 0.2) is 5.82 Å². The van der Waals surface area contributed by atoms with Crippen molar-refractivity contribution in [3.05, 3.63) is 66.0 Å². The van der Waals surface area contributed by atoms with E-state index < -0.39 is 5.95 Å². The number of hydrogen-bond acceptors (Lipinski definition) is 4. The van der Waals surface area contributed by atoms with Crippen molar-refractivity contribution in [2.75, 3.05) is 5.32 Å². The third kappa shape index (κ3) is 3.52. The summed E-state index contributed by atoms with van der Waals surface area (Å²) in [5.41, 5.74) is 3.21. The number of nitrogens with one attached hydrogen (secondary N) is 2. The molecule has 3 heterocycles. The molecule has 0 aromatic carbocycles. The van der Waals surface area contributed by atoms with Crippen LogP contribution in [0.3, 0.4) is 0 Å². The fourth-order valence-corrected chi connectivity index (χ4v) is 2.14. The van der Waals surface area contributed by atoms with Gasteiger partial charge in [-0.3, -0.25) is 14.9 Å². The standard InChI is InChI=1S/C17H14FN5O/c1-11-16(13-6-8-19-9-7-13)22-23-17(11)21-15(24)5-3-12-2-4-14(18)20-10-12/h2-10H,1H3,(H2,21,22,23,24). The number of carbonyl (C=O) groups excluding carboxylic acids is 1.